The number of nitrogens with zero attached hydrogens (tertiary/aromatic N) is 1. The zero-order chi connectivity index (χ0) is 18.2. The van der Waals surface area contributed by atoms with Gasteiger partial charge in [0.15, 0.2) is 15.0 Å². The van der Waals surface area contributed by atoms with Gasteiger partial charge in [0, 0.05) is 17.4 Å². The van der Waals surface area contributed by atoms with Crippen LogP contribution in [0.1, 0.15) is 29.5 Å². The average molecular weight is 379 g/mol. The highest BCUT2D eigenvalue weighted by atomic mass is 32.2. The van der Waals surface area contributed by atoms with Gasteiger partial charge in [0.05, 0.1) is 17.2 Å². The first kappa shape index (κ1) is 18.1. The molecular weight excluding hydrogens is 356 g/mol. The Labute approximate surface area is 152 Å². The van der Waals surface area contributed by atoms with Gasteiger partial charge < -0.3 is 5.32 Å². The SMILES string of the molecule is Cc1cc(C)c(-c2csc(NC(=O)C[C@@H]3CCS(=O)(=O)C3)n2)cc1C. The third-order valence-electron chi connectivity index (χ3n) is 4.67. The second kappa shape index (κ2) is 6.88. The molecule has 0 spiro atoms. The second-order valence-electron chi connectivity index (χ2n) is 6.81. The molecule has 3 rings (SSSR count). The number of carbonyl (C=O) groups excluding carboxylic acids is 1. The molecule has 1 N–H and O–H groups in total. The van der Waals surface area contributed by atoms with Gasteiger partial charge in [-0.3, -0.25) is 4.79 Å². The van der Waals surface area contributed by atoms with E-state index in [1.165, 1.54) is 22.5 Å². The number of sulfone groups is 1. The van der Waals surface area contributed by atoms with Gasteiger partial charge >= 0.3 is 0 Å². The fraction of sp³-hybridized carbons (Fsp3) is 0.444. The Morgan fingerprint density at radius 3 is 2.64 bits per heavy atom. The molecule has 0 radical (unpaired) electrons. The molecule has 0 unspecified atom stereocenters. The van der Waals surface area contributed by atoms with Crippen LogP contribution in [0.2, 0.25) is 0 Å². The van der Waals surface area contributed by atoms with Gasteiger partial charge in [-0.05, 0) is 55.9 Å². The minimum absolute atomic E-state index is 0.0774. The zero-order valence-corrected chi connectivity index (χ0v) is 16.3. The van der Waals surface area contributed by atoms with Crippen molar-refractivity contribution in [3.63, 3.8) is 0 Å². The summed E-state index contributed by atoms with van der Waals surface area (Å²) in [6, 6.07) is 4.26. The van der Waals surface area contributed by atoms with Crippen molar-refractivity contribution in [2.75, 3.05) is 16.8 Å². The summed E-state index contributed by atoms with van der Waals surface area (Å²) in [5.41, 5.74) is 5.53. The molecule has 1 aromatic carbocycles. The van der Waals surface area contributed by atoms with Crippen LogP contribution in [0.3, 0.4) is 0 Å². The molecule has 0 bridgehead atoms. The predicted molar refractivity (Wildman–Crippen MR) is 102 cm³/mol. The average Bonchev–Trinajstić information content (AvgIpc) is 3.09. The van der Waals surface area contributed by atoms with E-state index in [0.29, 0.717) is 11.6 Å². The first-order chi connectivity index (χ1) is 11.7. The van der Waals surface area contributed by atoms with Crippen LogP contribution in [-0.4, -0.2) is 30.8 Å². The van der Waals surface area contributed by atoms with Gasteiger partial charge in [0.25, 0.3) is 0 Å². The van der Waals surface area contributed by atoms with Crippen LogP contribution in [0.4, 0.5) is 5.13 Å². The number of carbonyl (C=O) groups is 1. The van der Waals surface area contributed by atoms with E-state index in [1.54, 1.807) is 0 Å². The molecular formula is C18H22N2O3S2. The van der Waals surface area contributed by atoms with Crippen molar-refractivity contribution in [2.24, 2.45) is 5.92 Å². The first-order valence-electron chi connectivity index (χ1n) is 8.27. The van der Waals surface area contributed by atoms with Crippen LogP contribution < -0.4 is 5.32 Å². The molecule has 1 aliphatic heterocycles. The Morgan fingerprint density at radius 2 is 1.96 bits per heavy atom. The topological polar surface area (TPSA) is 76.1 Å². The van der Waals surface area contributed by atoms with E-state index in [2.05, 4.69) is 43.2 Å². The van der Waals surface area contributed by atoms with Crippen molar-refractivity contribution in [1.82, 2.24) is 4.98 Å². The number of nitrogens with one attached hydrogen (secondary N) is 1. The highest BCUT2D eigenvalue weighted by Crippen LogP contribution is 2.30. The zero-order valence-electron chi connectivity index (χ0n) is 14.6. The summed E-state index contributed by atoms with van der Waals surface area (Å²) < 4.78 is 23.0. The lowest BCUT2D eigenvalue weighted by atomic mass is 9.99. The van der Waals surface area contributed by atoms with Crippen molar-refractivity contribution in [2.45, 2.75) is 33.6 Å². The molecule has 1 atom stereocenters. The summed E-state index contributed by atoms with van der Waals surface area (Å²) in [4.78, 5) is 16.7. The van der Waals surface area contributed by atoms with Crippen LogP contribution in [0.25, 0.3) is 11.3 Å². The molecule has 1 aliphatic rings. The molecule has 1 fully saturated rings. The lowest BCUT2D eigenvalue weighted by Gasteiger charge is -2.08. The number of hydrogen-bond acceptors (Lipinski definition) is 5. The predicted octanol–water partition coefficient (Wildman–Crippen LogP) is 3.50. The monoisotopic (exact) mass is 378 g/mol. The summed E-state index contributed by atoms with van der Waals surface area (Å²) in [6.45, 7) is 6.21. The molecule has 2 aromatic rings. The number of rotatable bonds is 4. The van der Waals surface area contributed by atoms with Crippen LogP contribution in [-0.2, 0) is 14.6 Å². The summed E-state index contributed by atoms with van der Waals surface area (Å²) >= 11 is 1.39. The van der Waals surface area contributed by atoms with E-state index in [0.717, 1.165) is 16.8 Å². The van der Waals surface area contributed by atoms with Crippen LogP contribution in [0.5, 0.6) is 0 Å². The highest BCUT2D eigenvalue weighted by Gasteiger charge is 2.29. The smallest absolute Gasteiger partial charge is 0.226 e. The maximum Gasteiger partial charge on any atom is 0.226 e. The third kappa shape index (κ3) is 4.27. The van der Waals surface area contributed by atoms with E-state index >= 15 is 0 Å². The highest BCUT2D eigenvalue weighted by molar-refractivity contribution is 7.91. The van der Waals surface area contributed by atoms with Crippen LogP contribution >= 0.6 is 11.3 Å². The number of thiazole rings is 1. The van der Waals surface area contributed by atoms with Crippen molar-refractivity contribution in [3.8, 4) is 11.3 Å². The van der Waals surface area contributed by atoms with Gasteiger partial charge in [-0.25, -0.2) is 13.4 Å². The number of hydrogen-bond donors (Lipinski definition) is 1. The number of anilines is 1. The van der Waals surface area contributed by atoms with E-state index in [1.807, 2.05) is 5.38 Å². The van der Waals surface area contributed by atoms with Crippen molar-refractivity contribution in [1.29, 1.82) is 0 Å². The largest absolute Gasteiger partial charge is 0.302 e. The third-order valence-corrected chi connectivity index (χ3v) is 7.26. The lowest BCUT2D eigenvalue weighted by Crippen LogP contribution is -2.17. The van der Waals surface area contributed by atoms with E-state index in [4.69, 9.17) is 0 Å². The van der Waals surface area contributed by atoms with Crippen LogP contribution in [0.15, 0.2) is 17.5 Å². The molecule has 7 heteroatoms. The minimum atomic E-state index is -2.95. The Morgan fingerprint density at radius 1 is 1.24 bits per heavy atom. The maximum atomic E-state index is 12.2. The molecule has 134 valence electrons. The second-order valence-corrected chi connectivity index (χ2v) is 9.90. The molecule has 1 aromatic heterocycles. The summed E-state index contributed by atoms with van der Waals surface area (Å²) in [5, 5.41) is 5.30. The molecule has 1 saturated heterocycles. The Balaban J connectivity index is 1.68. The number of aryl methyl sites for hydroxylation is 3. The Hall–Kier alpha value is -1.73. The Kier molecular flexibility index (Phi) is 4.97. The number of aromatic nitrogens is 1. The fourth-order valence-corrected chi connectivity index (χ4v) is 5.75. The molecule has 1 amide bonds. The lowest BCUT2D eigenvalue weighted by molar-refractivity contribution is -0.116. The van der Waals surface area contributed by atoms with E-state index < -0.39 is 9.84 Å². The molecule has 0 saturated carbocycles. The molecule has 2 heterocycles. The first-order valence-corrected chi connectivity index (χ1v) is 11.0. The minimum Gasteiger partial charge on any atom is -0.302 e. The van der Waals surface area contributed by atoms with Gasteiger partial charge in [0.2, 0.25) is 5.91 Å². The quantitative estimate of drug-likeness (QED) is 0.883. The standard InChI is InChI=1S/C18H22N2O3S2/c1-11-6-13(3)15(7-12(11)2)16-9-24-18(19-16)20-17(21)8-14-4-5-25(22,23)10-14/h6-7,9,14H,4-5,8,10H2,1-3H3,(H,19,20,21)/t14-/m0/s1. The summed E-state index contributed by atoms with van der Waals surface area (Å²) in [7, 11) is -2.95. The number of benzene rings is 1. The summed E-state index contributed by atoms with van der Waals surface area (Å²) in [5.74, 6) is 0.0651. The van der Waals surface area contributed by atoms with Gasteiger partial charge in [-0.15, -0.1) is 11.3 Å². The summed E-state index contributed by atoms with van der Waals surface area (Å²) in [6.07, 6.45) is 0.803. The van der Waals surface area contributed by atoms with Gasteiger partial charge in [0.1, 0.15) is 0 Å². The number of amides is 1. The molecule has 0 aliphatic carbocycles. The Bertz CT molecular complexity index is 916. The van der Waals surface area contributed by atoms with Crippen molar-refractivity contribution < 1.29 is 13.2 Å². The van der Waals surface area contributed by atoms with Crippen LogP contribution in [0, 0.1) is 26.7 Å². The fourth-order valence-electron chi connectivity index (χ4n) is 3.16. The molecule has 25 heavy (non-hydrogen) atoms. The van der Waals surface area contributed by atoms with Gasteiger partial charge in [-0.2, -0.15) is 0 Å². The molecule has 5 nitrogen and oxygen atoms in total. The van der Waals surface area contributed by atoms with Crippen molar-refractivity contribution in [3.05, 3.63) is 34.2 Å². The van der Waals surface area contributed by atoms with E-state index in [9.17, 15) is 13.2 Å². The van der Waals surface area contributed by atoms with Crippen molar-refractivity contribution >= 4 is 32.2 Å². The van der Waals surface area contributed by atoms with Gasteiger partial charge in [-0.1, -0.05) is 6.07 Å². The normalized spacial score (nSPS) is 19.1. The van der Waals surface area contributed by atoms with E-state index in [-0.39, 0.29) is 29.8 Å². The maximum absolute atomic E-state index is 12.2.